The minimum atomic E-state index is -0.353. The molecule has 2 heterocycles. The van der Waals surface area contributed by atoms with E-state index < -0.39 is 0 Å². The van der Waals surface area contributed by atoms with Gasteiger partial charge in [-0.25, -0.2) is 0 Å². The van der Waals surface area contributed by atoms with Crippen LogP contribution in [0.1, 0.15) is 30.0 Å². The van der Waals surface area contributed by atoms with E-state index in [1.165, 1.54) is 0 Å². The number of aryl methyl sites for hydroxylation is 1. The minimum absolute atomic E-state index is 0.0270. The van der Waals surface area contributed by atoms with Crippen LogP contribution in [0.2, 0.25) is 0 Å². The summed E-state index contributed by atoms with van der Waals surface area (Å²) in [5.41, 5.74) is 5.00. The summed E-state index contributed by atoms with van der Waals surface area (Å²) < 4.78 is 0. The molecule has 1 fully saturated rings. The summed E-state index contributed by atoms with van der Waals surface area (Å²) in [7, 11) is 0. The fourth-order valence-corrected chi connectivity index (χ4v) is 4.15. The van der Waals surface area contributed by atoms with Gasteiger partial charge >= 0.3 is 0 Å². The summed E-state index contributed by atoms with van der Waals surface area (Å²) in [6, 6.07) is 13.7. The standard InChI is InChI=1S/C23H25N3O3/c1-15-5-3-4-6-18(15)13-24-23(29)19-12-22(28)26(14-19)20-7-8-21-17(11-20)9-10-25(21)16(2)27/h3-8,11,19H,9-10,12-14H2,1-2H3,(H,24,29). The predicted molar refractivity (Wildman–Crippen MR) is 112 cm³/mol. The molecule has 2 aromatic rings. The Balaban J connectivity index is 1.42. The molecule has 0 spiro atoms. The molecule has 2 aliphatic rings. The van der Waals surface area contributed by atoms with Crippen LogP contribution < -0.4 is 15.1 Å². The molecule has 1 atom stereocenters. The lowest BCUT2D eigenvalue weighted by atomic mass is 10.1. The van der Waals surface area contributed by atoms with Crippen molar-refractivity contribution in [1.82, 2.24) is 5.32 Å². The number of rotatable bonds is 4. The second-order valence-electron chi connectivity index (χ2n) is 7.78. The second kappa shape index (κ2) is 7.70. The Labute approximate surface area is 170 Å². The maximum atomic E-state index is 12.6. The highest BCUT2D eigenvalue weighted by atomic mass is 16.2. The molecule has 0 aliphatic carbocycles. The lowest BCUT2D eigenvalue weighted by Crippen LogP contribution is -2.32. The van der Waals surface area contributed by atoms with Crippen LogP contribution in [0.4, 0.5) is 11.4 Å². The number of nitrogens with one attached hydrogen (secondary N) is 1. The van der Waals surface area contributed by atoms with Gasteiger partial charge in [0.1, 0.15) is 0 Å². The van der Waals surface area contributed by atoms with Crippen molar-refractivity contribution in [2.45, 2.75) is 33.2 Å². The normalized spacial score (nSPS) is 18.1. The smallest absolute Gasteiger partial charge is 0.227 e. The summed E-state index contributed by atoms with van der Waals surface area (Å²) in [4.78, 5) is 40.4. The van der Waals surface area contributed by atoms with E-state index in [2.05, 4.69) is 5.32 Å². The highest BCUT2D eigenvalue weighted by Gasteiger charge is 2.35. The first-order valence-electron chi connectivity index (χ1n) is 9.97. The number of carbonyl (C=O) groups excluding carboxylic acids is 3. The van der Waals surface area contributed by atoms with Crippen molar-refractivity contribution < 1.29 is 14.4 Å². The average Bonchev–Trinajstić information content (AvgIpc) is 3.30. The molecule has 0 radical (unpaired) electrons. The van der Waals surface area contributed by atoms with Gasteiger partial charge in [0.2, 0.25) is 17.7 Å². The molecular weight excluding hydrogens is 366 g/mol. The third kappa shape index (κ3) is 3.75. The van der Waals surface area contributed by atoms with Crippen LogP contribution in [0.5, 0.6) is 0 Å². The van der Waals surface area contributed by atoms with Crippen molar-refractivity contribution in [2.75, 3.05) is 22.9 Å². The van der Waals surface area contributed by atoms with Crippen LogP contribution in [0.3, 0.4) is 0 Å². The lowest BCUT2D eigenvalue weighted by Gasteiger charge is -2.19. The van der Waals surface area contributed by atoms with Gasteiger partial charge in [0, 0.05) is 44.4 Å². The molecule has 0 saturated carbocycles. The molecule has 2 aliphatic heterocycles. The molecule has 2 aromatic carbocycles. The van der Waals surface area contributed by atoms with Gasteiger partial charge in [0.15, 0.2) is 0 Å². The Morgan fingerprint density at radius 1 is 1.17 bits per heavy atom. The number of anilines is 2. The van der Waals surface area contributed by atoms with Gasteiger partial charge in [0.25, 0.3) is 0 Å². The van der Waals surface area contributed by atoms with Crippen molar-refractivity contribution in [3.8, 4) is 0 Å². The van der Waals surface area contributed by atoms with Gasteiger partial charge in [-0.1, -0.05) is 24.3 Å². The van der Waals surface area contributed by atoms with Crippen LogP contribution in [-0.4, -0.2) is 30.8 Å². The van der Waals surface area contributed by atoms with Gasteiger partial charge < -0.3 is 15.1 Å². The Morgan fingerprint density at radius 3 is 2.72 bits per heavy atom. The Kier molecular flexibility index (Phi) is 5.09. The molecule has 150 valence electrons. The second-order valence-corrected chi connectivity index (χ2v) is 7.78. The average molecular weight is 391 g/mol. The molecule has 6 heteroatoms. The van der Waals surface area contributed by atoms with E-state index in [4.69, 9.17) is 0 Å². The largest absolute Gasteiger partial charge is 0.352 e. The van der Waals surface area contributed by atoms with E-state index >= 15 is 0 Å². The van der Waals surface area contributed by atoms with Gasteiger partial charge in [-0.3, -0.25) is 14.4 Å². The number of amides is 3. The summed E-state index contributed by atoms with van der Waals surface area (Å²) >= 11 is 0. The van der Waals surface area contributed by atoms with Crippen LogP contribution >= 0.6 is 0 Å². The molecule has 6 nitrogen and oxygen atoms in total. The predicted octanol–water partition coefficient (Wildman–Crippen LogP) is 2.57. The van der Waals surface area contributed by atoms with Gasteiger partial charge in [-0.2, -0.15) is 0 Å². The number of fused-ring (bicyclic) bond motifs is 1. The third-order valence-electron chi connectivity index (χ3n) is 5.86. The number of benzene rings is 2. The fraction of sp³-hybridized carbons (Fsp3) is 0.348. The van der Waals surface area contributed by atoms with E-state index in [9.17, 15) is 14.4 Å². The maximum absolute atomic E-state index is 12.6. The summed E-state index contributed by atoms with van der Waals surface area (Å²) in [6.45, 7) is 5.10. The third-order valence-corrected chi connectivity index (χ3v) is 5.86. The zero-order valence-electron chi connectivity index (χ0n) is 16.8. The van der Waals surface area contributed by atoms with Crippen molar-refractivity contribution >= 4 is 29.1 Å². The Bertz CT molecular complexity index is 985. The van der Waals surface area contributed by atoms with E-state index in [1.54, 1.807) is 16.7 Å². The molecule has 1 unspecified atom stereocenters. The molecule has 0 aromatic heterocycles. The topological polar surface area (TPSA) is 69.7 Å². The number of hydrogen-bond acceptors (Lipinski definition) is 3. The summed E-state index contributed by atoms with van der Waals surface area (Å²) in [5.74, 6) is -0.456. The SMILES string of the molecule is CC(=O)N1CCc2cc(N3CC(C(=O)NCc4ccccc4C)CC3=O)ccc21. The van der Waals surface area contributed by atoms with E-state index in [1.807, 2.05) is 49.4 Å². The van der Waals surface area contributed by atoms with Crippen LogP contribution in [0.25, 0.3) is 0 Å². The van der Waals surface area contributed by atoms with E-state index in [0.717, 1.165) is 34.5 Å². The van der Waals surface area contributed by atoms with Crippen LogP contribution in [0, 0.1) is 12.8 Å². The monoisotopic (exact) mass is 391 g/mol. The van der Waals surface area contributed by atoms with Crippen molar-refractivity contribution in [2.24, 2.45) is 5.92 Å². The lowest BCUT2D eigenvalue weighted by molar-refractivity contribution is -0.126. The first kappa shape index (κ1) is 19.2. The van der Waals surface area contributed by atoms with Crippen molar-refractivity contribution in [3.05, 3.63) is 59.2 Å². The van der Waals surface area contributed by atoms with Crippen LogP contribution in [-0.2, 0) is 27.3 Å². The minimum Gasteiger partial charge on any atom is -0.352 e. The zero-order chi connectivity index (χ0) is 20.5. The quantitative estimate of drug-likeness (QED) is 0.871. The van der Waals surface area contributed by atoms with Gasteiger partial charge in [-0.15, -0.1) is 0 Å². The fourth-order valence-electron chi connectivity index (χ4n) is 4.15. The van der Waals surface area contributed by atoms with Gasteiger partial charge in [0.05, 0.1) is 5.92 Å². The highest BCUT2D eigenvalue weighted by Crippen LogP contribution is 2.34. The van der Waals surface area contributed by atoms with E-state index in [-0.39, 0.29) is 30.1 Å². The zero-order valence-corrected chi connectivity index (χ0v) is 16.8. The van der Waals surface area contributed by atoms with Crippen molar-refractivity contribution in [3.63, 3.8) is 0 Å². The van der Waals surface area contributed by atoms with Gasteiger partial charge in [-0.05, 0) is 48.2 Å². The first-order chi connectivity index (χ1) is 13.9. The first-order valence-corrected chi connectivity index (χ1v) is 9.97. The Morgan fingerprint density at radius 2 is 1.97 bits per heavy atom. The number of hydrogen-bond donors (Lipinski definition) is 1. The molecular formula is C23H25N3O3. The molecule has 1 saturated heterocycles. The molecule has 0 bridgehead atoms. The number of nitrogens with zero attached hydrogens (tertiary/aromatic N) is 2. The maximum Gasteiger partial charge on any atom is 0.227 e. The summed E-state index contributed by atoms with van der Waals surface area (Å²) in [5, 5.41) is 2.97. The molecule has 4 rings (SSSR count). The van der Waals surface area contributed by atoms with E-state index in [0.29, 0.717) is 19.6 Å². The number of carbonyl (C=O) groups is 3. The van der Waals surface area contributed by atoms with Crippen LogP contribution in [0.15, 0.2) is 42.5 Å². The highest BCUT2D eigenvalue weighted by molar-refractivity contribution is 6.01. The van der Waals surface area contributed by atoms with Crippen molar-refractivity contribution in [1.29, 1.82) is 0 Å². The molecule has 29 heavy (non-hydrogen) atoms. The summed E-state index contributed by atoms with van der Waals surface area (Å²) in [6.07, 6.45) is 1.00. The molecule has 1 N–H and O–H groups in total. The Hall–Kier alpha value is -3.15. The molecule has 3 amide bonds.